The van der Waals surface area contributed by atoms with Crippen LogP contribution in [-0.4, -0.2) is 81.2 Å². The highest BCUT2D eigenvalue weighted by molar-refractivity contribution is 5.73. The van der Waals surface area contributed by atoms with Crippen molar-refractivity contribution in [2.45, 2.75) is 6.10 Å². The second-order valence-electron chi connectivity index (χ2n) is 4.34. The Hall–Kier alpha value is -1.38. The molecule has 0 aromatic carbocycles. The van der Waals surface area contributed by atoms with E-state index in [1.165, 1.54) is 0 Å². The summed E-state index contributed by atoms with van der Waals surface area (Å²) in [5, 5.41) is 13.6. The SMILES string of the molecule is CN1CCOC(CNC(=O)NCCOCC(=O)O)C1. The summed E-state index contributed by atoms with van der Waals surface area (Å²) in [5.41, 5.74) is 0. The Morgan fingerprint density at radius 2 is 2.26 bits per heavy atom. The summed E-state index contributed by atoms with van der Waals surface area (Å²) in [6.45, 7) is 2.91. The molecule has 0 aromatic heterocycles. The van der Waals surface area contributed by atoms with Gasteiger partial charge in [0.2, 0.25) is 0 Å². The molecule has 0 aromatic rings. The molecule has 0 spiro atoms. The lowest BCUT2D eigenvalue weighted by Gasteiger charge is -2.30. The summed E-state index contributed by atoms with van der Waals surface area (Å²) in [6.07, 6.45) is 0.00719. The molecule has 19 heavy (non-hydrogen) atoms. The number of aliphatic carboxylic acids is 1. The lowest BCUT2D eigenvalue weighted by Crippen LogP contribution is -2.48. The van der Waals surface area contributed by atoms with Crippen LogP contribution in [0.2, 0.25) is 0 Å². The summed E-state index contributed by atoms with van der Waals surface area (Å²) >= 11 is 0. The minimum Gasteiger partial charge on any atom is -0.480 e. The molecule has 1 atom stereocenters. The van der Waals surface area contributed by atoms with Gasteiger partial charge in [0.15, 0.2) is 0 Å². The van der Waals surface area contributed by atoms with E-state index in [0.717, 1.165) is 13.1 Å². The number of nitrogens with one attached hydrogen (secondary N) is 2. The number of likely N-dealkylation sites (N-methyl/N-ethyl adjacent to an activating group) is 1. The van der Waals surface area contributed by atoms with Gasteiger partial charge in [0.25, 0.3) is 0 Å². The molecule has 0 bridgehead atoms. The number of carboxylic acids is 1. The van der Waals surface area contributed by atoms with E-state index >= 15 is 0 Å². The van der Waals surface area contributed by atoms with Crippen LogP contribution in [-0.2, 0) is 14.3 Å². The zero-order chi connectivity index (χ0) is 14.1. The van der Waals surface area contributed by atoms with Crippen LogP contribution < -0.4 is 10.6 Å². The van der Waals surface area contributed by atoms with Crippen LogP contribution in [0.5, 0.6) is 0 Å². The number of morpholine rings is 1. The Morgan fingerprint density at radius 3 is 2.95 bits per heavy atom. The second-order valence-corrected chi connectivity index (χ2v) is 4.34. The van der Waals surface area contributed by atoms with Crippen LogP contribution in [0.15, 0.2) is 0 Å². The molecule has 2 amide bonds. The number of hydrogen-bond donors (Lipinski definition) is 3. The molecule has 1 fully saturated rings. The summed E-state index contributed by atoms with van der Waals surface area (Å²) < 4.78 is 10.3. The standard InChI is InChI=1S/C11H21N3O5/c1-14-3-5-19-9(7-14)6-13-11(17)12-2-4-18-8-10(15)16/h9H,2-8H2,1H3,(H,15,16)(H2,12,13,17). The first-order valence-electron chi connectivity index (χ1n) is 6.19. The predicted octanol–water partition coefficient (Wildman–Crippen LogP) is -1.28. The van der Waals surface area contributed by atoms with Gasteiger partial charge in [0.1, 0.15) is 6.61 Å². The van der Waals surface area contributed by atoms with Gasteiger partial charge in [-0.25, -0.2) is 9.59 Å². The van der Waals surface area contributed by atoms with Crippen molar-refractivity contribution in [3.63, 3.8) is 0 Å². The van der Waals surface area contributed by atoms with E-state index in [2.05, 4.69) is 15.5 Å². The van der Waals surface area contributed by atoms with Gasteiger partial charge in [-0.1, -0.05) is 0 Å². The molecule has 8 heteroatoms. The smallest absolute Gasteiger partial charge is 0.329 e. The van der Waals surface area contributed by atoms with Gasteiger partial charge in [-0.05, 0) is 7.05 Å². The number of carbonyl (C=O) groups is 2. The first-order chi connectivity index (χ1) is 9.08. The molecule has 110 valence electrons. The number of rotatable bonds is 7. The van der Waals surface area contributed by atoms with Crippen molar-refractivity contribution >= 4 is 12.0 Å². The van der Waals surface area contributed by atoms with E-state index in [-0.39, 0.29) is 31.9 Å². The third kappa shape index (κ3) is 7.60. The third-order valence-electron chi connectivity index (χ3n) is 2.59. The third-order valence-corrected chi connectivity index (χ3v) is 2.59. The van der Waals surface area contributed by atoms with Crippen molar-refractivity contribution in [1.82, 2.24) is 15.5 Å². The van der Waals surface area contributed by atoms with E-state index in [9.17, 15) is 9.59 Å². The molecule has 1 aliphatic heterocycles. The highest BCUT2D eigenvalue weighted by atomic mass is 16.5. The fourth-order valence-corrected chi connectivity index (χ4v) is 1.66. The van der Waals surface area contributed by atoms with Gasteiger partial charge in [-0.15, -0.1) is 0 Å². The molecule has 3 N–H and O–H groups in total. The van der Waals surface area contributed by atoms with Crippen molar-refractivity contribution in [1.29, 1.82) is 0 Å². The zero-order valence-corrected chi connectivity index (χ0v) is 11.1. The number of urea groups is 1. The van der Waals surface area contributed by atoms with Gasteiger partial charge >= 0.3 is 12.0 Å². The Balaban J connectivity index is 2.00. The van der Waals surface area contributed by atoms with E-state index in [1.807, 2.05) is 7.05 Å². The highest BCUT2D eigenvalue weighted by Crippen LogP contribution is 2.01. The maximum atomic E-state index is 11.4. The quantitative estimate of drug-likeness (QED) is 0.500. The van der Waals surface area contributed by atoms with Crippen molar-refractivity contribution in [3.8, 4) is 0 Å². The van der Waals surface area contributed by atoms with Crippen LogP contribution in [0.3, 0.4) is 0 Å². The maximum Gasteiger partial charge on any atom is 0.329 e. The number of hydrogen-bond acceptors (Lipinski definition) is 5. The fraction of sp³-hybridized carbons (Fsp3) is 0.818. The maximum absolute atomic E-state index is 11.4. The van der Waals surface area contributed by atoms with Gasteiger partial charge in [-0.2, -0.15) is 0 Å². The predicted molar refractivity (Wildman–Crippen MR) is 67.1 cm³/mol. The topological polar surface area (TPSA) is 100 Å². The van der Waals surface area contributed by atoms with E-state index in [4.69, 9.17) is 14.6 Å². The Kier molecular flexibility index (Phi) is 7.16. The van der Waals surface area contributed by atoms with Crippen molar-refractivity contribution in [3.05, 3.63) is 0 Å². The Bertz CT molecular complexity index is 300. The van der Waals surface area contributed by atoms with Crippen molar-refractivity contribution < 1.29 is 24.2 Å². The van der Waals surface area contributed by atoms with Gasteiger partial charge in [0, 0.05) is 26.2 Å². The minimum atomic E-state index is -1.02. The largest absolute Gasteiger partial charge is 0.480 e. The van der Waals surface area contributed by atoms with Crippen LogP contribution in [0, 0.1) is 0 Å². The van der Waals surface area contributed by atoms with Gasteiger partial charge < -0.3 is 30.1 Å². The Morgan fingerprint density at radius 1 is 1.47 bits per heavy atom. The first-order valence-corrected chi connectivity index (χ1v) is 6.19. The molecule has 1 aliphatic rings. The van der Waals surface area contributed by atoms with E-state index < -0.39 is 5.97 Å². The number of carboxylic acid groups (broad SMARTS) is 1. The molecule has 0 radical (unpaired) electrons. The summed E-state index contributed by atoms with van der Waals surface area (Å²) in [5.74, 6) is -1.02. The summed E-state index contributed by atoms with van der Waals surface area (Å²) in [7, 11) is 2.01. The summed E-state index contributed by atoms with van der Waals surface area (Å²) in [6, 6.07) is -0.309. The van der Waals surface area contributed by atoms with Crippen LogP contribution in [0.1, 0.15) is 0 Å². The number of carbonyl (C=O) groups excluding carboxylic acids is 1. The number of nitrogens with zero attached hydrogens (tertiary/aromatic N) is 1. The average Bonchev–Trinajstić information content (AvgIpc) is 2.35. The zero-order valence-electron chi connectivity index (χ0n) is 11.1. The van der Waals surface area contributed by atoms with Crippen molar-refractivity contribution in [2.75, 3.05) is 53.0 Å². The lowest BCUT2D eigenvalue weighted by molar-refractivity contribution is -0.142. The number of ether oxygens (including phenoxy) is 2. The molecule has 1 rings (SSSR count). The highest BCUT2D eigenvalue weighted by Gasteiger charge is 2.17. The molecule has 0 aliphatic carbocycles. The molecule has 1 heterocycles. The molecule has 1 unspecified atom stereocenters. The van der Waals surface area contributed by atoms with Crippen LogP contribution >= 0.6 is 0 Å². The van der Waals surface area contributed by atoms with Crippen LogP contribution in [0.25, 0.3) is 0 Å². The van der Waals surface area contributed by atoms with Gasteiger partial charge in [0.05, 0.1) is 19.3 Å². The second kappa shape index (κ2) is 8.68. The number of amides is 2. The fourth-order valence-electron chi connectivity index (χ4n) is 1.66. The summed E-state index contributed by atoms with van der Waals surface area (Å²) in [4.78, 5) is 23.7. The lowest BCUT2D eigenvalue weighted by atomic mass is 10.3. The molecular weight excluding hydrogens is 254 g/mol. The Labute approximate surface area is 112 Å². The van der Waals surface area contributed by atoms with E-state index in [1.54, 1.807) is 0 Å². The minimum absolute atomic E-state index is 0.00719. The molecular formula is C11H21N3O5. The monoisotopic (exact) mass is 275 g/mol. The van der Waals surface area contributed by atoms with Gasteiger partial charge in [-0.3, -0.25) is 0 Å². The molecule has 1 saturated heterocycles. The van der Waals surface area contributed by atoms with E-state index in [0.29, 0.717) is 13.2 Å². The average molecular weight is 275 g/mol. The molecule has 8 nitrogen and oxygen atoms in total. The first kappa shape index (κ1) is 15.7. The van der Waals surface area contributed by atoms with Crippen LogP contribution in [0.4, 0.5) is 4.79 Å². The normalized spacial score (nSPS) is 19.9. The molecule has 0 saturated carbocycles. The van der Waals surface area contributed by atoms with Crippen molar-refractivity contribution in [2.24, 2.45) is 0 Å².